The van der Waals surface area contributed by atoms with Gasteiger partial charge in [0.2, 0.25) is 0 Å². The third-order valence-corrected chi connectivity index (χ3v) is 16.0. The van der Waals surface area contributed by atoms with Crippen LogP contribution in [0.25, 0.3) is 0 Å². The molecule has 0 saturated heterocycles. The molecule has 4 unspecified atom stereocenters. The molecule has 0 aromatic heterocycles. The number of aliphatic hydroxyl groups excluding tert-OH is 1. The van der Waals surface area contributed by atoms with Crippen LogP contribution in [0.1, 0.15) is 204 Å². The Morgan fingerprint density at radius 3 is 2.04 bits per heavy atom. The van der Waals surface area contributed by atoms with Crippen LogP contribution in [-0.2, 0) is 9.53 Å². The monoisotopic (exact) mass is 711 g/mol. The molecule has 2 N–H and O–H groups in total. The van der Waals surface area contributed by atoms with Gasteiger partial charge >= 0.3 is 5.97 Å². The molecule has 0 spiro atoms. The third-order valence-electron chi connectivity index (χ3n) is 16.0. The van der Waals surface area contributed by atoms with Crippen molar-refractivity contribution in [3.8, 4) is 0 Å². The van der Waals surface area contributed by atoms with Gasteiger partial charge in [-0.1, -0.05) is 110 Å². The molecule has 0 bridgehead atoms. The molecule has 294 valence electrons. The van der Waals surface area contributed by atoms with Gasteiger partial charge in [0, 0.05) is 11.8 Å². The standard InChI is InChI=1S/C47H82O4/c1-10-11-12-13-14-15-16-17-18-19-20-21-22-23-26-41(49)51-40-29-31-44(6)38(43(40,4)5)28-33-45(7)39(44)34-37(48)42-36(27-32-46(42,45)8)47(9,50)30-24-25-35(2)3/h16-17,25,36-40,42,48,50H,10-15,18-24,26-34H2,1-9H3/b17-16-/t36?,37-,38?,39?,40+,42?,44+,45-,46-,47+/m1/s1. The summed E-state index contributed by atoms with van der Waals surface area (Å²) in [6.07, 6.45) is 30.9. The van der Waals surface area contributed by atoms with Gasteiger partial charge in [0.15, 0.2) is 0 Å². The molecular weight excluding hydrogens is 629 g/mol. The summed E-state index contributed by atoms with van der Waals surface area (Å²) in [4.78, 5) is 13.2. The molecule has 4 fully saturated rings. The molecule has 4 aliphatic rings. The lowest BCUT2D eigenvalue weighted by Gasteiger charge is -2.70. The summed E-state index contributed by atoms with van der Waals surface area (Å²) in [5.41, 5.74) is 0.664. The number of allylic oxidation sites excluding steroid dienone is 4. The first-order valence-corrected chi connectivity index (χ1v) is 21.9. The summed E-state index contributed by atoms with van der Waals surface area (Å²) >= 11 is 0. The largest absolute Gasteiger partial charge is 0.462 e. The molecule has 0 aromatic rings. The molecule has 10 atom stereocenters. The smallest absolute Gasteiger partial charge is 0.306 e. The van der Waals surface area contributed by atoms with Crippen LogP contribution >= 0.6 is 0 Å². The zero-order valence-electron chi connectivity index (χ0n) is 35.0. The van der Waals surface area contributed by atoms with E-state index in [1.807, 2.05) is 6.92 Å². The summed E-state index contributed by atoms with van der Waals surface area (Å²) in [7, 11) is 0. The Bertz CT molecular complexity index is 1160. The number of esters is 1. The van der Waals surface area contributed by atoms with Crippen LogP contribution in [0.15, 0.2) is 23.8 Å². The summed E-state index contributed by atoms with van der Waals surface area (Å²) in [6, 6.07) is 0. The van der Waals surface area contributed by atoms with E-state index in [2.05, 4.69) is 73.6 Å². The van der Waals surface area contributed by atoms with Crippen molar-refractivity contribution in [1.82, 2.24) is 0 Å². The molecule has 0 aliphatic heterocycles. The van der Waals surface area contributed by atoms with Gasteiger partial charge in [-0.05, 0) is 151 Å². The Balaban J connectivity index is 1.27. The quantitative estimate of drug-likeness (QED) is 0.0795. The highest BCUT2D eigenvalue weighted by Gasteiger charge is 2.71. The summed E-state index contributed by atoms with van der Waals surface area (Å²) in [6.45, 7) is 20.9. The Morgan fingerprint density at radius 1 is 0.784 bits per heavy atom. The molecule has 4 heteroatoms. The first-order chi connectivity index (χ1) is 24.0. The predicted molar refractivity (Wildman–Crippen MR) is 214 cm³/mol. The Hall–Kier alpha value is -1.13. The average Bonchev–Trinajstić information content (AvgIpc) is 3.44. The predicted octanol–water partition coefficient (Wildman–Crippen LogP) is 12.7. The van der Waals surface area contributed by atoms with Crippen LogP contribution in [0.5, 0.6) is 0 Å². The number of fused-ring (bicyclic) bond motifs is 5. The number of hydrogen-bond donors (Lipinski definition) is 2. The van der Waals surface area contributed by atoms with Crippen LogP contribution in [0.2, 0.25) is 0 Å². The fourth-order valence-electron chi connectivity index (χ4n) is 12.9. The van der Waals surface area contributed by atoms with E-state index < -0.39 is 5.60 Å². The first-order valence-electron chi connectivity index (χ1n) is 21.9. The van der Waals surface area contributed by atoms with Crippen molar-refractivity contribution in [3.05, 3.63) is 23.8 Å². The molecular formula is C47H82O4. The number of carbonyl (C=O) groups is 1. The molecule has 4 nitrogen and oxygen atoms in total. The van der Waals surface area contributed by atoms with Crippen molar-refractivity contribution in [2.24, 2.45) is 45.3 Å². The summed E-state index contributed by atoms with van der Waals surface area (Å²) in [5, 5.41) is 23.9. The lowest BCUT2D eigenvalue weighted by molar-refractivity contribution is -0.249. The van der Waals surface area contributed by atoms with E-state index in [1.54, 1.807) is 0 Å². The van der Waals surface area contributed by atoms with Crippen molar-refractivity contribution < 1.29 is 19.7 Å². The Morgan fingerprint density at radius 2 is 1.39 bits per heavy atom. The number of ether oxygens (including phenoxy) is 1. The number of aliphatic hydroxyl groups is 2. The van der Waals surface area contributed by atoms with Gasteiger partial charge in [0.25, 0.3) is 0 Å². The number of unbranched alkanes of at least 4 members (excludes halogenated alkanes) is 10. The lowest BCUT2D eigenvalue weighted by atomic mass is 9.35. The highest BCUT2D eigenvalue weighted by atomic mass is 16.5. The van der Waals surface area contributed by atoms with Gasteiger partial charge < -0.3 is 14.9 Å². The van der Waals surface area contributed by atoms with Gasteiger partial charge in [-0.3, -0.25) is 4.79 Å². The van der Waals surface area contributed by atoms with E-state index in [4.69, 9.17) is 4.74 Å². The number of rotatable bonds is 19. The van der Waals surface area contributed by atoms with Crippen molar-refractivity contribution in [1.29, 1.82) is 0 Å². The first kappa shape index (κ1) is 42.6. The van der Waals surface area contributed by atoms with Crippen LogP contribution in [-0.4, -0.2) is 34.0 Å². The highest BCUT2D eigenvalue weighted by molar-refractivity contribution is 5.69. The fourth-order valence-corrected chi connectivity index (χ4v) is 12.9. The average molecular weight is 711 g/mol. The molecule has 0 aromatic carbocycles. The minimum atomic E-state index is -0.770. The van der Waals surface area contributed by atoms with Gasteiger partial charge in [-0.2, -0.15) is 0 Å². The van der Waals surface area contributed by atoms with E-state index in [9.17, 15) is 15.0 Å². The maximum absolute atomic E-state index is 13.2. The SMILES string of the molecule is CCCCCCC/C=C\CCCCCCCC(=O)O[C@H]1CC[C@@]2(C)C(CC[C@]3(C)C2C[C@@H](O)C2C([C@@](C)(O)CCC=C(C)C)CC[C@]23C)C1(C)C. The van der Waals surface area contributed by atoms with Crippen molar-refractivity contribution >= 4 is 5.97 Å². The number of hydrogen-bond acceptors (Lipinski definition) is 4. The van der Waals surface area contributed by atoms with Gasteiger partial charge in [-0.25, -0.2) is 0 Å². The maximum atomic E-state index is 13.2. The second-order valence-electron chi connectivity index (χ2n) is 20.0. The molecule has 51 heavy (non-hydrogen) atoms. The van der Waals surface area contributed by atoms with Gasteiger partial charge in [-0.15, -0.1) is 0 Å². The van der Waals surface area contributed by atoms with Gasteiger partial charge in [0.05, 0.1) is 11.7 Å². The van der Waals surface area contributed by atoms with Crippen LogP contribution in [0.3, 0.4) is 0 Å². The fraction of sp³-hybridized carbons (Fsp3) is 0.894. The normalized spacial score (nSPS) is 36.9. The Labute approximate surface area is 315 Å². The summed E-state index contributed by atoms with van der Waals surface area (Å²) < 4.78 is 6.35. The molecule has 4 aliphatic carbocycles. The van der Waals surface area contributed by atoms with E-state index >= 15 is 0 Å². The Kier molecular flexibility index (Phi) is 15.0. The number of carbonyl (C=O) groups excluding carboxylic acids is 1. The van der Waals surface area contributed by atoms with Crippen LogP contribution in [0.4, 0.5) is 0 Å². The van der Waals surface area contributed by atoms with Crippen molar-refractivity contribution in [2.75, 3.05) is 0 Å². The summed E-state index contributed by atoms with van der Waals surface area (Å²) in [5.74, 6) is 1.15. The van der Waals surface area contributed by atoms with E-state index in [0.717, 1.165) is 70.6 Å². The molecule has 4 saturated carbocycles. The lowest BCUT2D eigenvalue weighted by Crippen LogP contribution is -2.66. The van der Waals surface area contributed by atoms with Crippen molar-refractivity contribution in [3.63, 3.8) is 0 Å². The molecule has 0 radical (unpaired) electrons. The molecule has 4 rings (SSSR count). The third kappa shape index (κ3) is 9.40. The van der Waals surface area contributed by atoms with E-state index in [0.29, 0.717) is 18.3 Å². The molecule has 0 amide bonds. The van der Waals surface area contributed by atoms with E-state index in [-0.39, 0.29) is 51.7 Å². The zero-order valence-corrected chi connectivity index (χ0v) is 35.0. The minimum Gasteiger partial charge on any atom is -0.462 e. The highest BCUT2D eigenvalue weighted by Crippen LogP contribution is 2.76. The van der Waals surface area contributed by atoms with Crippen molar-refractivity contribution in [2.45, 2.75) is 221 Å². The van der Waals surface area contributed by atoms with Crippen LogP contribution < -0.4 is 0 Å². The maximum Gasteiger partial charge on any atom is 0.306 e. The van der Waals surface area contributed by atoms with Crippen LogP contribution in [0, 0.1) is 45.3 Å². The molecule has 0 heterocycles. The second kappa shape index (κ2) is 18.0. The minimum absolute atomic E-state index is 0.00345. The van der Waals surface area contributed by atoms with E-state index in [1.165, 1.54) is 69.8 Å². The topological polar surface area (TPSA) is 66.8 Å². The second-order valence-corrected chi connectivity index (χ2v) is 20.0. The zero-order chi connectivity index (χ0) is 37.5. The van der Waals surface area contributed by atoms with Gasteiger partial charge in [0.1, 0.15) is 6.10 Å².